The Morgan fingerprint density at radius 3 is 1.00 bits per heavy atom. The van der Waals surface area contributed by atoms with Crippen LogP contribution in [0.4, 0.5) is 0 Å². The van der Waals surface area contributed by atoms with Crippen LogP contribution >= 0.6 is 0 Å². The van der Waals surface area contributed by atoms with E-state index in [4.69, 9.17) is 0 Å². The van der Waals surface area contributed by atoms with E-state index in [0.717, 1.165) is 11.5 Å². The van der Waals surface area contributed by atoms with Crippen molar-refractivity contribution in [3.05, 3.63) is 0 Å². The molecule has 0 saturated heterocycles. The van der Waals surface area contributed by atoms with Crippen LogP contribution in [-0.4, -0.2) is 11.5 Å². The molecule has 0 N–H and O–H groups in total. The Balaban J connectivity index is -0.0000000450. The maximum absolute atomic E-state index is 4.45. The molecule has 0 heterocycles. The quantitative estimate of drug-likeness (QED) is 0.261. The maximum atomic E-state index is 4.45. The van der Waals surface area contributed by atoms with E-state index in [0.29, 0.717) is 0 Å². The molecule has 0 spiro atoms. The van der Waals surface area contributed by atoms with Crippen LogP contribution in [0.15, 0.2) is 0 Å². The summed E-state index contributed by atoms with van der Waals surface area (Å²) >= 11 is 8.90. The third-order valence-electron chi connectivity index (χ3n) is 0.0833. The fourth-order valence-electron chi connectivity index (χ4n) is 0. The Kier molecular flexibility index (Phi) is 41.4. The molecule has 0 aliphatic carbocycles. The van der Waals surface area contributed by atoms with Gasteiger partial charge in [-0.3, -0.25) is 0 Å². The first-order valence-corrected chi connectivity index (χ1v) is 2.23. The molecule has 0 saturated carbocycles. The molecule has 0 unspecified atom stereocenters. The summed E-state index contributed by atoms with van der Waals surface area (Å²) in [5.74, 6) is 1.44. The van der Waals surface area contributed by atoms with Crippen molar-refractivity contribution in [1.82, 2.24) is 0 Å². The van der Waals surface area contributed by atoms with E-state index in [1.165, 1.54) is 0 Å². The average Bonchev–Trinajstić information content (AvgIpc) is 1.37. The molecule has 0 rings (SSSR count). The predicted molar refractivity (Wildman–Crippen MR) is 24.5 cm³/mol. The van der Waals surface area contributed by atoms with E-state index >= 15 is 0 Å². The summed E-state index contributed by atoms with van der Waals surface area (Å²) in [4.78, 5) is 0. The van der Waals surface area contributed by atoms with Gasteiger partial charge in [0.25, 0.3) is 0 Å². The second kappa shape index (κ2) is 15.6. The van der Waals surface area contributed by atoms with Crippen LogP contribution in [0.2, 0.25) is 0 Å². The molecule has 0 radical (unpaired) electrons. The largest absolute Gasteiger partial charge is 1.00 e. The summed E-state index contributed by atoms with van der Waals surface area (Å²) in [5.41, 5.74) is 0. The van der Waals surface area contributed by atoms with Gasteiger partial charge in [0.1, 0.15) is 0 Å². The Morgan fingerprint density at radius 2 is 1.00 bits per heavy atom. The van der Waals surface area contributed by atoms with Crippen LogP contribution in [0, 0.1) is 0 Å². The van der Waals surface area contributed by atoms with Crippen molar-refractivity contribution in [2.45, 2.75) is 0 Å². The Labute approximate surface area is 94.2 Å². The third kappa shape index (κ3) is 15.9. The smallest absolute Gasteiger partial charge is 0.794 e. The maximum Gasteiger partial charge on any atom is 1.00 e. The summed E-state index contributed by atoms with van der Waals surface area (Å²) in [6, 6.07) is 0. The third-order valence-corrected chi connectivity index (χ3v) is 0.750. The molecule has 0 bridgehead atoms. The van der Waals surface area contributed by atoms with E-state index in [-0.39, 0.29) is 59.1 Å². The second-order valence-electron chi connectivity index (χ2n) is 0.408. The van der Waals surface area contributed by atoms with Crippen molar-refractivity contribution in [2.75, 3.05) is 11.5 Å². The van der Waals surface area contributed by atoms with Gasteiger partial charge >= 0.3 is 59.1 Å². The summed E-state index contributed by atoms with van der Waals surface area (Å²) in [5, 5.41) is 0. The van der Waals surface area contributed by atoms with Crippen LogP contribution in [0.25, 0.3) is 0 Å². The van der Waals surface area contributed by atoms with Crippen molar-refractivity contribution < 1.29 is 59.1 Å². The number of hydrogen-bond acceptors (Lipinski definition) is 2. The SMILES string of the molecule is [Na+].[Na+].[S-]CC[S-]. The van der Waals surface area contributed by atoms with Crippen LogP contribution in [-0.2, 0) is 25.3 Å². The van der Waals surface area contributed by atoms with Crippen LogP contribution < -0.4 is 59.1 Å². The summed E-state index contributed by atoms with van der Waals surface area (Å²) in [6.07, 6.45) is 0. The van der Waals surface area contributed by atoms with Gasteiger partial charge in [-0.05, 0) is 0 Å². The first-order valence-electron chi connectivity index (χ1n) is 1.08. The van der Waals surface area contributed by atoms with Gasteiger partial charge in [0.05, 0.1) is 0 Å². The van der Waals surface area contributed by atoms with E-state index < -0.39 is 0 Å². The van der Waals surface area contributed by atoms with E-state index in [1.54, 1.807) is 0 Å². The van der Waals surface area contributed by atoms with Crippen molar-refractivity contribution in [2.24, 2.45) is 0 Å². The van der Waals surface area contributed by atoms with Gasteiger partial charge in [0, 0.05) is 0 Å². The zero-order valence-electron chi connectivity index (χ0n) is 4.23. The van der Waals surface area contributed by atoms with Crippen molar-refractivity contribution in [3.63, 3.8) is 0 Å². The monoisotopic (exact) mass is 138 g/mol. The first-order chi connectivity index (χ1) is 1.91. The van der Waals surface area contributed by atoms with E-state index in [1.807, 2.05) is 0 Å². The molecule has 0 aromatic rings. The predicted octanol–water partition coefficient (Wildman–Crippen LogP) is -5.91. The van der Waals surface area contributed by atoms with Gasteiger partial charge in [0.15, 0.2) is 0 Å². The summed E-state index contributed by atoms with van der Waals surface area (Å²) < 4.78 is 0. The molecular formula is C2H4Na2S2. The second-order valence-corrected chi connectivity index (χ2v) is 1.22. The average molecular weight is 138 g/mol. The molecule has 0 fully saturated rings. The Bertz CT molecular complexity index is 11.5. The fraction of sp³-hybridized carbons (Fsp3) is 1.00. The molecule has 0 aliphatic heterocycles. The van der Waals surface area contributed by atoms with Gasteiger partial charge in [-0.25, -0.2) is 0 Å². The topological polar surface area (TPSA) is 0 Å². The van der Waals surface area contributed by atoms with Crippen molar-refractivity contribution in [3.8, 4) is 0 Å². The molecule has 0 nitrogen and oxygen atoms in total. The number of rotatable bonds is 1. The van der Waals surface area contributed by atoms with E-state index in [9.17, 15) is 0 Å². The molecular weight excluding hydrogens is 134 g/mol. The van der Waals surface area contributed by atoms with Crippen LogP contribution in [0.1, 0.15) is 0 Å². The minimum absolute atomic E-state index is 0. The molecule has 0 amide bonds. The Morgan fingerprint density at radius 1 is 0.833 bits per heavy atom. The molecule has 6 heavy (non-hydrogen) atoms. The Hall–Kier alpha value is 2.70. The van der Waals surface area contributed by atoms with E-state index in [2.05, 4.69) is 25.3 Å². The van der Waals surface area contributed by atoms with Gasteiger partial charge in [-0.2, -0.15) is 11.5 Å². The zero-order chi connectivity index (χ0) is 3.41. The summed E-state index contributed by atoms with van der Waals surface area (Å²) in [7, 11) is 0. The fourth-order valence-corrected chi connectivity index (χ4v) is 0. The molecule has 0 aromatic heterocycles. The van der Waals surface area contributed by atoms with Gasteiger partial charge in [0.2, 0.25) is 0 Å². The van der Waals surface area contributed by atoms with Gasteiger partial charge in [-0.15, -0.1) is 0 Å². The number of hydrogen-bond donors (Lipinski definition) is 0. The van der Waals surface area contributed by atoms with Crippen molar-refractivity contribution in [1.29, 1.82) is 0 Å². The standard InChI is InChI=1S/C2H6S2.2Na/c3-1-2-4;;/h3-4H,1-2H2;;/q;2*+1/p-2. The van der Waals surface area contributed by atoms with Crippen molar-refractivity contribution >= 4 is 25.3 Å². The van der Waals surface area contributed by atoms with Gasteiger partial charge in [-0.1, -0.05) is 0 Å². The zero-order valence-corrected chi connectivity index (χ0v) is 9.86. The normalized spacial score (nSPS) is 5.00. The minimum Gasteiger partial charge on any atom is -0.794 e. The van der Waals surface area contributed by atoms with Crippen LogP contribution in [0.3, 0.4) is 0 Å². The molecule has 0 aromatic carbocycles. The molecule has 4 heteroatoms. The first kappa shape index (κ1) is 15.9. The molecule has 0 atom stereocenters. The minimum atomic E-state index is 0. The van der Waals surface area contributed by atoms with Crippen LogP contribution in [0.5, 0.6) is 0 Å². The van der Waals surface area contributed by atoms with Gasteiger partial charge < -0.3 is 25.3 Å². The summed E-state index contributed by atoms with van der Waals surface area (Å²) in [6.45, 7) is 0. The molecule has 0 aliphatic rings. The molecule has 26 valence electrons.